The third-order valence-corrected chi connectivity index (χ3v) is 4.76. The first-order valence-corrected chi connectivity index (χ1v) is 7.92. The first kappa shape index (κ1) is 15.3. The Kier molecular flexibility index (Phi) is 4.10. The van der Waals surface area contributed by atoms with Gasteiger partial charge in [0.05, 0.1) is 6.04 Å². The van der Waals surface area contributed by atoms with Crippen molar-refractivity contribution in [2.45, 2.75) is 37.6 Å². The van der Waals surface area contributed by atoms with Crippen LogP contribution in [0.5, 0.6) is 0 Å². The molecule has 3 rings (SSSR count). The molecule has 0 aromatic carbocycles. The second-order valence-corrected chi connectivity index (χ2v) is 6.29. The number of carbonyl (C=O) groups excluding carboxylic acids is 2. The summed E-state index contributed by atoms with van der Waals surface area (Å²) in [7, 11) is 0. The summed E-state index contributed by atoms with van der Waals surface area (Å²) in [5.74, 6) is -2.64. The fourth-order valence-corrected chi connectivity index (χ4v) is 3.44. The van der Waals surface area contributed by atoms with Crippen molar-refractivity contribution in [3.63, 3.8) is 0 Å². The summed E-state index contributed by atoms with van der Waals surface area (Å²) in [4.78, 5) is 29.2. The molecule has 4 amide bonds. The maximum Gasteiger partial charge on any atom is 0.320 e. The molecule has 3 heterocycles. The molecule has 1 unspecified atom stereocenters. The lowest BCUT2D eigenvalue weighted by Gasteiger charge is -2.40. The third-order valence-electron chi connectivity index (χ3n) is 4.76. The Hall–Kier alpha value is -1.60. The maximum absolute atomic E-state index is 13.2. The van der Waals surface area contributed by atoms with Crippen molar-refractivity contribution in [3.05, 3.63) is 0 Å². The van der Waals surface area contributed by atoms with Crippen molar-refractivity contribution >= 4 is 12.1 Å². The molecule has 1 atom stereocenters. The van der Waals surface area contributed by atoms with Gasteiger partial charge in [-0.25, -0.2) is 18.4 Å². The van der Waals surface area contributed by atoms with E-state index < -0.39 is 5.92 Å². The summed E-state index contributed by atoms with van der Waals surface area (Å²) in [5, 5.41) is 2.77. The van der Waals surface area contributed by atoms with Crippen LogP contribution in [0.15, 0.2) is 0 Å². The van der Waals surface area contributed by atoms with Crippen LogP contribution in [0.4, 0.5) is 18.4 Å². The lowest BCUT2D eigenvalue weighted by atomic mass is 10.0. The number of nitrogens with zero attached hydrogens (tertiary/aromatic N) is 3. The van der Waals surface area contributed by atoms with E-state index in [0.29, 0.717) is 26.2 Å². The minimum Gasteiger partial charge on any atom is -0.336 e. The molecule has 124 valence electrons. The molecule has 0 aromatic heterocycles. The Morgan fingerprint density at radius 3 is 2.50 bits per heavy atom. The minimum absolute atomic E-state index is 0.0337. The number of halogens is 2. The average Bonchev–Trinajstić information content (AvgIpc) is 2.93. The lowest BCUT2D eigenvalue weighted by Crippen LogP contribution is -2.55. The molecule has 3 saturated heterocycles. The van der Waals surface area contributed by atoms with Crippen molar-refractivity contribution in [1.82, 2.24) is 20.0 Å². The van der Waals surface area contributed by atoms with E-state index in [9.17, 15) is 18.4 Å². The van der Waals surface area contributed by atoms with Crippen LogP contribution in [0.25, 0.3) is 0 Å². The first-order valence-electron chi connectivity index (χ1n) is 7.92. The molecule has 3 fully saturated rings. The summed E-state index contributed by atoms with van der Waals surface area (Å²) >= 11 is 0. The Morgan fingerprint density at radius 1 is 1.14 bits per heavy atom. The van der Waals surface area contributed by atoms with E-state index in [2.05, 4.69) is 5.32 Å². The smallest absolute Gasteiger partial charge is 0.320 e. The van der Waals surface area contributed by atoms with Gasteiger partial charge in [0.25, 0.3) is 5.92 Å². The Balaban J connectivity index is 1.57. The van der Waals surface area contributed by atoms with Gasteiger partial charge in [-0.1, -0.05) is 0 Å². The summed E-state index contributed by atoms with van der Waals surface area (Å²) in [5.41, 5.74) is 0. The molecule has 0 aliphatic carbocycles. The van der Waals surface area contributed by atoms with Gasteiger partial charge in [0, 0.05) is 52.1 Å². The number of piperidine rings is 2. The van der Waals surface area contributed by atoms with Gasteiger partial charge in [-0.3, -0.25) is 0 Å². The largest absolute Gasteiger partial charge is 0.336 e. The third kappa shape index (κ3) is 3.10. The van der Waals surface area contributed by atoms with E-state index in [4.69, 9.17) is 0 Å². The number of hydrogen-bond acceptors (Lipinski definition) is 2. The van der Waals surface area contributed by atoms with Crippen molar-refractivity contribution in [2.24, 2.45) is 0 Å². The first-order chi connectivity index (χ1) is 10.5. The van der Waals surface area contributed by atoms with Crippen LogP contribution in [-0.2, 0) is 0 Å². The summed E-state index contributed by atoms with van der Waals surface area (Å²) in [6.45, 7) is 2.66. The van der Waals surface area contributed by atoms with E-state index in [1.807, 2.05) is 0 Å². The molecular weight excluding hydrogens is 294 g/mol. The maximum atomic E-state index is 13.2. The second-order valence-electron chi connectivity index (χ2n) is 6.29. The van der Waals surface area contributed by atoms with Gasteiger partial charge in [-0.05, 0) is 12.8 Å². The molecule has 0 radical (unpaired) electrons. The number of nitrogens with one attached hydrogen (secondary N) is 1. The van der Waals surface area contributed by atoms with E-state index in [1.54, 1.807) is 9.80 Å². The number of urea groups is 2. The number of likely N-dealkylation sites (tertiary alicyclic amines) is 2. The van der Waals surface area contributed by atoms with Crippen LogP contribution in [-0.4, -0.2) is 78.0 Å². The van der Waals surface area contributed by atoms with Crippen LogP contribution in [0.3, 0.4) is 0 Å². The topological polar surface area (TPSA) is 55.9 Å². The standard InChI is InChI=1S/C14H22F2N4O2/c15-14(16)3-7-18(8-4-14)13(22)19-6-1-2-11(10-19)20-9-5-17-12(20)21/h11H,1-10H2,(H,17,21). The van der Waals surface area contributed by atoms with Gasteiger partial charge in [0.15, 0.2) is 0 Å². The molecule has 0 spiro atoms. The van der Waals surface area contributed by atoms with Crippen LogP contribution in [0.2, 0.25) is 0 Å². The van der Waals surface area contributed by atoms with Crippen LogP contribution in [0, 0.1) is 0 Å². The second kappa shape index (κ2) is 5.89. The summed E-state index contributed by atoms with van der Waals surface area (Å²) < 4.78 is 26.4. The van der Waals surface area contributed by atoms with E-state index in [1.165, 1.54) is 4.90 Å². The zero-order chi connectivity index (χ0) is 15.7. The number of carbonyl (C=O) groups is 2. The van der Waals surface area contributed by atoms with Gasteiger partial charge >= 0.3 is 12.1 Å². The molecule has 6 nitrogen and oxygen atoms in total. The highest BCUT2D eigenvalue weighted by Gasteiger charge is 2.38. The molecule has 22 heavy (non-hydrogen) atoms. The molecule has 0 saturated carbocycles. The van der Waals surface area contributed by atoms with Crippen LogP contribution in [0.1, 0.15) is 25.7 Å². The molecule has 3 aliphatic heterocycles. The molecule has 3 aliphatic rings. The minimum atomic E-state index is -2.64. The predicted octanol–water partition coefficient (Wildman–Crippen LogP) is 1.33. The van der Waals surface area contributed by atoms with Gasteiger partial charge in [0.2, 0.25) is 0 Å². The van der Waals surface area contributed by atoms with Gasteiger partial charge in [-0.2, -0.15) is 0 Å². The number of rotatable bonds is 1. The van der Waals surface area contributed by atoms with E-state index in [-0.39, 0.29) is 44.0 Å². The Labute approximate surface area is 128 Å². The van der Waals surface area contributed by atoms with Crippen molar-refractivity contribution in [3.8, 4) is 0 Å². The predicted molar refractivity (Wildman–Crippen MR) is 75.8 cm³/mol. The normalized spacial score (nSPS) is 28.7. The number of alkyl halides is 2. The van der Waals surface area contributed by atoms with Crippen molar-refractivity contribution in [2.75, 3.05) is 39.3 Å². The number of hydrogen-bond donors (Lipinski definition) is 1. The SMILES string of the molecule is O=C(N1CCC(F)(F)CC1)N1CCCC(N2CCNC2=O)C1. The monoisotopic (exact) mass is 316 g/mol. The molecular formula is C14H22F2N4O2. The Morgan fingerprint density at radius 2 is 1.86 bits per heavy atom. The molecule has 1 N–H and O–H groups in total. The van der Waals surface area contributed by atoms with Crippen molar-refractivity contribution in [1.29, 1.82) is 0 Å². The summed E-state index contributed by atoms with van der Waals surface area (Å²) in [6.07, 6.45) is 1.20. The summed E-state index contributed by atoms with van der Waals surface area (Å²) in [6, 6.07) is -0.205. The van der Waals surface area contributed by atoms with E-state index in [0.717, 1.165) is 12.8 Å². The van der Waals surface area contributed by atoms with Crippen LogP contribution >= 0.6 is 0 Å². The zero-order valence-electron chi connectivity index (χ0n) is 12.6. The van der Waals surface area contributed by atoms with Gasteiger partial charge < -0.3 is 20.0 Å². The average molecular weight is 316 g/mol. The molecule has 8 heteroatoms. The van der Waals surface area contributed by atoms with Gasteiger partial charge in [-0.15, -0.1) is 0 Å². The fourth-order valence-electron chi connectivity index (χ4n) is 3.44. The highest BCUT2D eigenvalue weighted by molar-refractivity contribution is 5.77. The van der Waals surface area contributed by atoms with Crippen LogP contribution < -0.4 is 5.32 Å². The quantitative estimate of drug-likeness (QED) is 0.793. The Bertz CT molecular complexity index is 450. The van der Waals surface area contributed by atoms with Crippen molar-refractivity contribution < 1.29 is 18.4 Å². The fraction of sp³-hybridized carbons (Fsp3) is 0.857. The number of amides is 4. The lowest BCUT2D eigenvalue weighted by molar-refractivity contribution is -0.0498. The van der Waals surface area contributed by atoms with Gasteiger partial charge in [0.1, 0.15) is 0 Å². The molecule has 0 aromatic rings. The molecule has 0 bridgehead atoms. The zero-order valence-corrected chi connectivity index (χ0v) is 12.6. The van der Waals surface area contributed by atoms with E-state index >= 15 is 0 Å². The highest BCUT2D eigenvalue weighted by atomic mass is 19.3. The highest BCUT2D eigenvalue weighted by Crippen LogP contribution is 2.28.